The van der Waals surface area contributed by atoms with Gasteiger partial charge in [0.25, 0.3) is 5.69 Å². The van der Waals surface area contributed by atoms with Gasteiger partial charge in [0, 0.05) is 31.8 Å². The minimum absolute atomic E-state index is 0.0348. The van der Waals surface area contributed by atoms with Crippen molar-refractivity contribution in [2.24, 2.45) is 5.92 Å². The van der Waals surface area contributed by atoms with Crippen LogP contribution < -0.4 is 4.74 Å². The normalized spacial score (nSPS) is 13.2. The number of aromatic nitrogens is 2. The summed E-state index contributed by atoms with van der Waals surface area (Å²) in [6.07, 6.45) is 2.09. The highest BCUT2D eigenvalue weighted by Crippen LogP contribution is 2.25. The Kier molecular flexibility index (Phi) is 9.82. The van der Waals surface area contributed by atoms with Crippen molar-refractivity contribution >= 4 is 34.6 Å². The molecule has 1 amide bonds. The van der Waals surface area contributed by atoms with Gasteiger partial charge < -0.3 is 24.4 Å². The molecule has 0 unspecified atom stereocenters. The lowest BCUT2D eigenvalue weighted by atomic mass is 9.96. The molecular formula is C30H30N4O8. The molecule has 42 heavy (non-hydrogen) atoms. The van der Waals surface area contributed by atoms with Gasteiger partial charge in [-0.25, -0.2) is 14.6 Å². The number of hydrogen-bond acceptors (Lipinski definition) is 7. The molecule has 0 atom stereocenters. The van der Waals surface area contributed by atoms with Crippen LogP contribution >= 0.6 is 0 Å². The van der Waals surface area contributed by atoms with Crippen molar-refractivity contribution in [1.29, 1.82) is 0 Å². The van der Waals surface area contributed by atoms with Crippen molar-refractivity contribution in [2.45, 2.75) is 32.4 Å². The summed E-state index contributed by atoms with van der Waals surface area (Å²) in [6, 6.07) is 24.1. The van der Waals surface area contributed by atoms with Crippen molar-refractivity contribution < 1.29 is 34.3 Å². The van der Waals surface area contributed by atoms with Gasteiger partial charge in [0.15, 0.2) is 0 Å². The number of hydrogen-bond donors (Lipinski definition) is 2. The number of carboxylic acid groups (broad SMARTS) is 2. The second-order valence-electron chi connectivity index (χ2n) is 9.76. The van der Waals surface area contributed by atoms with Crippen LogP contribution in [0.3, 0.4) is 0 Å². The number of carboxylic acids is 2. The SMILES string of the molecule is O=C(Cc1ccc([N+](=O)[O-])cc1)N1CCC(Cn2c(COc3ccccc3)nc3ccccc32)CC1.O=C(O)C(=O)O. The van der Waals surface area contributed by atoms with E-state index in [-0.39, 0.29) is 18.0 Å². The number of ether oxygens (including phenoxy) is 1. The molecule has 2 heterocycles. The third-order valence-electron chi connectivity index (χ3n) is 6.94. The van der Waals surface area contributed by atoms with Crippen LogP contribution in [0.4, 0.5) is 5.69 Å². The molecule has 1 fully saturated rings. The van der Waals surface area contributed by atoms with Gasteiger partial charge in [-0.05, 0) is 48.6 Å². The molecule has 2 N–H and O–H groups in total. The smallest absolute Gasteiger partial charge is 0.414 e. The average molecular weight is 575 g/mol. The van der Waals surface area contributed by atoms with E-state index in [1.54, 1.807) is 12.1 Å². The van der Waals surface area contributed by atoms with Crippen molar-refractivity contribution in [3.05, 3.63) is 100 Å². The molecule has 218 valence electrons. The largest absolute Gasteiger partial charge is 0.486 e. The molecule has 12 heteroatoms. The number of rotatable bonds is 8. The second-order valence-corrected chi connectivity index (χ2v) is 9.76. The van der Waals surface area contributed by atoms with Gasteiger partial charge in [0.05, 0.1) is 22.4 Å². The molecule has 0 aliphatic carbocycles. The van der Waals surface area contributed by atoms with E-state index in [9.17, 15) is 14.9 Å². The second kappa shape index (κ2) is 13.9. The van der Waals surface area contributed by atoms with E-state index in [0.29, 0.717) is 25.6 Å². The standard InChI is InChI=1S/C28H28N4O4.C2H2O4/c33-28(18-21-10-12-23(13-11-21)32(34)35)30-16-14-22(15-17-30)19-31-26-9-5-4-8-25(26)29-27(31)20-36-24-6-2-1-3-7-24;3-1(4)2(5)6/h1-13,22H,14-20H2;(H,3,4)(H,5,6). The topological polar surface area (TPSA) is 165 Å². The lowest BCUT2D eigenvalue weighted by Crippen LogP contribution is -2.40. The molecule has 3 aromatic carbocycles. The number of imidazole rings is 1. The molecule has 5 rings (SSSR count). The van der Waals surface area contributed by atoms with Crippen LogP contribution in [-0.2, 0) is 34.0 Å². The molecular weight excluding hydrogens is 544 g/mol. The summed E-state index contributed by atoms with van der Waals surface area (Å²) < 4.78 is 8.26. The van der Waals surface area contributed by atoms with Crippen LogP contribution in [0.15, 0.2) is 78.9 Å². The third kappa shape index (κ3) is 7.90. The Morgan fingerprint density at radius 3 is 2.14 bits per heavy atom. The lowest BCUT2D eigenvalue weighted by molar-refractivity contribution is -0.384. The van der Waals surface area contributed by atoms with E-state index in [1.807, 2.05) is 53.4 Å². The Morgan fingerprint density at radius 1 is 0.905 bits per heavy atom. The summed E-state index contributed by atoms with van der Waals surface area (Å²) in [5, 5.41) is 25.6. The fraction of sp³-hybridized carbons (Fsp3) is 0.267. The summed E-state index contributed by atoms with van der Waals surface area (Å²) in [5.41, 5.74) is 2.88. The van der Waals surface area contributed by atoms with Crippen LogP contribution in [0, 0.1) is 16.0 Å². The highest BCUT2D eigenvalue weighted by molar-refractivity contribution is 6.27. The lowest BCUT2D eigenvalue weighted by Gasteiger charge is -2.32. The number of amides is 1. The molecule has 1 aliphatic rings. The molecule has 12 nitrogen and oxygen atoms in total. The number of fused-ring (bicyclic) bond motifs is 1. The van der Waals surface area contributed by atoms with Gasteiger partial charge in [0.1, 0.15) is 18.2 Å². The number of carbonyl (C=O) groups excluding carboxylic acids is 1. The van der Waals surface area contributed by atoms with Gasteiger partial charge >= 0.3 is 11.9 Å². The van der Waals surface area contributed by atoms with Crippen molar-refractivity contribution in [3.63, 3.8) is 0 Å². The van der Waals surface area contributed by atoms with Crippen LogP contribution in [0.2, 0.25) is 0 Å². The fourth-order valence-corrected chi connectivity index (χ4v) is 4.75. The molecule has 0 saturated carbocycles. The zero-order chi connectivity index (χ0) is 30.1. The zero-order valence-corrected chi connectivity index (χ0v) is 22.7. The van der Waals surface area contributed by atoms with Crippen LogP contribution in [0.25, 0.3) is 11.0 Å². The summed E-state index contributed by atoms with van der Waals surface area (Å²) in [6.45, 7) is 2.64. The van der Waals surface area contributed by atoms with Crippen LogP contribution in [-0.4, -0.2) is 60.5 Å². The number of para-hydroxylation sites is 3. The minimum atomic E-state index is -1.82. The number of benzene rings is 3. The highest BCUT2D eigenvalue weighted by Gasteiger charge is 2.25. The highest BCUT2D eigenvalue weighted by atomic mass is 16.6. The Bertz CT molecular complexity index is 1530. The Labute approximate surface area is 240 Å². The number of nitrogens with zero attached hydrogens (tertiary/aromatic N) is 4. The molecule has 1 saturated heterocycles. The van der Waals surface area contributed by atoms with Crippen LogP contribution in [0.1, 0.15) is 24.2 Å². The van der Waals surface area contributed by atoms with Gasteiger partial charge in [-0.3, -0.25) is 14.9 Å². The summed E-state index contributed by atoms with van der Waals surface area (Å²) in [5.74, 6) is -1.44. The maximum absolute atomic E-state index is 12.8. The number of aliphatic carboxylic acids is 2. The van der Waals surface area contributed by atoms with E-state index in [0.717, 1.165) is 47.6 Å². The number of piperidine rings is 1. The molecule has 1 aliphatic heterocycles. The minimum Gasteiger partial charge on any atom is -0.486 e. The monoisotopic (exact) mass is 574 g/mol. The van der Waals surface area contributed by atoms with Crippen LogP contribution in [0.5, 0.6) is 5.75 Å². The van der Waals surface area contributed by atoms with Crippen molar-refractivity contribution in [3.8, 4) is 5.75 Å². The first-order valence-electron chi connectivity index (χ1n) is 13.3. The fourth-order valence-electron chi connectivity index (χ4n) is 4.75. The molecule has 0 radical (unpaired) electrons. The Morgan fingerprint density at radius 2 is 1.52 bits per heavy atom. The number of nitro groups is 1. The number of non-ortho nitro benzene ring substituents is 1. The van der Waals surface area contributed by atoms with Crippen molar-refractivity contribution in [2.75, 3.05) is 13.1 Å². The van der Waals surface area contributed by atoms with Gasteiger partial charge in [-0.2, -0.15) is 0 Å². The first-order chi connectivity index (χ1) is 20.2. The van der Waals surface area contributed by atoms with E-state index < -0.39 is 16.9 Å². The summed E-state index contributed by atoms with van der Waals surface area (Å²) in [4.78, 5) is 48.2. The van der Waals surface area contributed by atoms with E-state index >= 15 is 0 Å². The predicted molar refractivity (Wildman–Crippen MR) is 152 cm³/mol. The van der Waals surface area contributed by atoms with E-state index in [2.05, 4.69) is 10.6 Å². The van der Waals surface area contributed by atoms with E-state index in [1.165, 1.54) is 12.1 Å². The number of nitro benzene ring substituents is 1. The average Bonchev–Trinajstić information content (AvgIpc) is 3.34. The van der Waals surface area contributed by atoms with E-state index in [4.69, 9.17) is 29.5 Å². The Balaban J connectivity index is 0.000000612. The van der Waals surface area contributed by atoms with Gasteiger partial charge in [0.2, 0.25) is 5.91 Å². The molecule has 1 aromatic heterocycles. The number of carbonyl (C=O) groups is 3. The van der Waals surface area contributed by atoms with Gasteiger partial charge in [-0.15, -0.1) is 0 Å². The van der Waals surface area contributed by atoms with Crippen molar-refractivity contribution in [1.82, 2.24) is 14.5 Å². The first-order valence-corrected chi connectivity index (χ1v) is 13.3. The number of likely N-dealkylation sites (tertiary alicyclic amines) is 1. The summed E-state index contributed by atoms with van der Waals surface area (Å²) >= 11 is 0. The zero-order valence-electron chi connectivity index (χ0n) is 22.7. The first kappa shape index (κ1) is 29.7. The Hall–Kier alpha value is -5.26. The maximum Gasteiger partial charge on any atom is 0.414 e. The third-order valence-corrected chi connectivity index (χ3v) is 6.94. The maximum atomic E-state index is 12.8. The molecule has 0 bridgehead atoms. The molecule has 0 spiro atoms. The quantitative estimate of drug-likeness (QED) is 0.178. The van der Waals surface area contributed by atoms with Gasteiger partial charge in [-0.1, -0.05) is 42.5 Å². The predicted octanol–water partition coefficient (Wildman–Crippen LogP) is 4.16. The molecule has 4 aromatic rings. The summed E-state index contributed by atoms with van der Waals surface area (Å²) in [7, 11) is 0.